The Balaban J connectivity index is 0.000000381. The van der Waals surface area contributed by atoms with Crippen molar-refractivity contribution < 1.29 is 76.5 Å². The molecule has 0 aliphatic carbocycles. The number of fused-ring (bicyclic) bond motifs is 4. The van der Waals surface area contributed by atoms with Gasteiger partial charge in [-0.25, -0.2) is 0 Å². The van der Waals surface area contributed by atoms with Gasteiger partial charge in [-0.05, 0) is 27.7 Å². The maximum absolute atomic E-state index is 2.19. The molecule has 0 aliphatic heterocycles. The summed E-state index contributed by atoms with van der Waals surface area (Å²) in [5.74, 6) is 0. The van der Waals surface area contributed by atoms with Crippen LogP contribution in [0.25, 0.3) is 43.1 Å². The summed E-state index contributed by atoms with van der Waals surface area (Å²) >= 11 is 0. The monoisotopic (exact) mass is 1240 g/mol. The molecule has 6 heteroatoms. The van der Waals surface area contributed by atoms with Crippen LogP contribution >= 0.6 is 0 Å². The molecule has 10 aromatic carbocycles. The summed E-state index contributed by atoms with van der Waals surface area (Å²) in [5, 5.41) is 14.0. The molecule has 10 rings (SSSR count). The Bertz CT molecular complexity index is 2330. The second-order valence-corrected chi connectivity index (χ2v) is 17.6. The minimum Gasteiger partial charge on any atom is -1.00 e. The Morgan fingerprint density at radius 3 is 0.656 bits per heavy atom. The number of halogens is 2. The topological polar surface area (TPSA) is 0 Å². The zero-order valence-corrected chi connectivity index (χ0v) is 49.8. The standard InChI is InChI=1S/4C11H11.2C7H8Si.2ClH.2Hf/c4*1-8-6-7-9(2)11-5-3-4-10(8)11;2*1-8-7-5-3-2-4-6-7;;;;/h4*3-7H,1-2H3;2*2-6H,1H3;2*1H;;/q4*-1;;;;;;/p-2. The van der Waals surface area contributed by atoms with Crippen molar-refractivity contribution >= 4 is 72.5 Å². The van der Waals surface area contributed by atoms with Crippen LogP contribution in [-0.2, 0) is 51.7 Å². The van der Waals surface area contributed by atoms with Crippen molar-refractivity contribution in [1.29, 1.82) is 0 Å². The van der Waals surface area contributed by atoms with Gasteiger partial charge in [-0.1, -0.05) is 158 Å². The molecule has 0 unspecified atom stereocenters. The Morgan fingerprint density at radius 1 is 0.281 bits per heavy atom. The average molecular weight is 1240 g/mol. The molecule has 0 bridgehead atoms. The van der Waals surface area contributed by atoms with Crippen LogP contribution in [-0.4, -0.2) is 19.0 Å². The SMILES string of the molecule is C[Si]c1ccccc1.C[Si]c1ccccc1.Cc1ccc(C)c2[cH-]ccc12.Cc1ccc(C)c2[cH-]ccc12.Cc1ccc(C)c2[cH-]ccc12.Cc1ccc(C)c2[cH-]ccc12.[Cl-].[Cl-].[Hf].[Hf]. The van der Waals surface area contributed by atoms with Gasteiger partial charge in [-0.15, -0.1) is 114 Å². The first-order chi connectivity index (χ1) is 29.0. The third-order valence-electron chi connectivity index (χ3n) is 11.1. The molecule has 0 saturated carbocycles. The fraction of sp³-hybridized carbons (Fsp3) is 0.172. The van der Waals surface area contributed by atoms with Gasteiger partial charge in [0, 0.05) is 51.7 Å². The summed E-state index contributed by atoms with van der Waals surface area (Å²) in [6.45, 7) is 21.6. The zero-order valence-electron chi connectivity index (χ0n) is 39.1. The molecule has 0 heterocycles. The van der Waals surface area contributed by atoms with Crippen LogP contribution in [0.4, 0.5) is 0 Å². The molecule has 328 valence electrons. The molecule has 0 amide bonds. The van der Waals surface area contributed by atoms with Crippen molar-refractivity contribution in [3.63, 3.8) is 0 Å². The van der Waals surface area contributed by atoms with Crippen LogP contribution in [0.3, 0.4) is 0 Å². The Kier molecular flexibility index (Phi) is 27.4. The molecule has 0 aliphatic rings. The van der Waals surface area contributed by atoms with Gasteiger partial charge in [-0.2, -0.15) is 48.5 Å². The first-order valence-electron chi connectivity index (χ1n) is 20.9. The summed E-state index contributed by atoms with van der Waals surface area (Å²) < 4.78 is 0. The van der Waals surface area contributed by atoms with Gasteiger partial charge >= 0.3 is 0 Å². The first kappa shape index (κ1) is 58.5. The smallest absolute Gasteiger partial charge is 0.0773 e. The third-order valence-corrected chi connectivity index (χ3v) is 12.9. The molecule has 4 radical (unpaired) electrons. The van der Waals surface area contributed by atoms with E-state index in [0.717, 1.165) is 19.0 Å². The third kappa shape index (κ3) is 16.4. The number of aryl methyl sites for hydroxylation is 8. The fourth-order valence-electron chi connectivity index (χ4n) is 7.36. The summed E-state index contributed by atoms with van der Waals surface area (Å²) in [4.78, 5) is 0. The van der Waals surface area contributed by atoms with Gasteiger partial charge in [-0.3, -0.25) is 0 Å². The Morgan fingerprint density at radius 2 is 0.484 bits per heavy atom. The number of benzene rings is 6. The molecule has 0 spiro atoms. The zero-order chi connectivity index (χ0) is 43.0. The van der Waals surface area contributed by atoms with E-state index < -0.39 is 0 Å². The Hall–Kier alpha value is -3.49. The van der Waals surface area contributed by atoms with Crippen molar-refractivity contribution in [2.45, 2.75) is 68.5 Å². The van der Waals surface area contributed by atoms with Crippen LogP contribution in [0.5, 0.6) is 0 Å². The fourth-order valence-corrected chi connectivity index (χ4v) is 8.41. The van der Waals surface area contributed by atoms with Gasteiger partial charge in [0.1, 0.15) is 0 Å². The van der Waals surface area contributed by atoms with E-state index in [9.17, 15) is 0 Å². The molecule has 0 aromatic heterocycles. The molecule has 0 atom stereocenters. The minimum atomic E-state index is 0. The molecular formula is C58H60Cl2Hf2Si2-6. The number of rotatable bonds is 2. The minimum absolute atomic E-state index is 0. The van der Waals surface area contributed by atoms with Crippen LogP contribution < -0.4 is 35.2 Å². The molecule has 0 fully saturated rings. The van der Waals surface area contributed by atoms with E-state index >= 15 is 0 Å². The van der Waals surface area contributed by atoms with E-state index in [-0.39, 0.29) is 76.5 Å². The van der Waals surface area contributed by atoms with Crippen LogP contribution in [0, 0.1) is 55.4 Å². The number of hydrogen-bond donors (Lipinski definition) is 0. The maximum Gasteiger partial charge on any atom is 0.0773 e. The number of hydrogen-bond acceptors (Lipinski definition) is 0. The van der Waals surface area contributed by atoms with Crippen LogP contribution in [0.1, 0.15) is 44.5 Å². The van der Waals surface area contributed by atoms with Crippen molar-refractivity contribution in [2.24, 2.45) is 0 Å². The quantitative estimate of drug-likeness (QED) is 0.120. The predicted molar refractivity (Wildman–Crippen MR) is 271 cm³/mol. The van der Waals surface area contributed by atoms with Crippen molar-refractivity contribution in [2.75, 3.05) is 0 Å². The summed E-state index contributed by atoms with van der Waals surface area (Å²) in [6.07, 6.45) is 0. The predicted octanol–water partition coefficient (Wildman–Crippen LogP) is 8.83. The molecule has 0 nitrogen and oxygen atoms in total. The largest absolute Gasteiger partial charge is 1.00 e. The normalized spacial score (nSPS) is 9.66. The first-order valence-corrected chi connectivity index (χ1v) is 23.9. The molecule has 10 aromatic rings. The Labute approximate surface area is 439 Å². The van der Waals surface area contributed by atoms with E-state index in [0.29, 0.717) is 0 Å². The molecule has 0 saturated heterocycles. The maximum atomic E-state index is 2.19. The van der Waals surface area contributed by atoms with E-state index in [4.69, 9.17) is 0 Å². The van der Waals surface area contributed by atoms with Crippen molar-refractivity contribution in [3.05, 3.63) is 226 Å². The molecule has 0 N–H and O–H groups in total. The van der Waals surface area contributed by atoms with E-state index in [1.54, 1.807) is 0 Å². The van der Waals surface area contributed by atoms with Crippen molar-refractivity contribution in [1.82, 2.24) is 0 Å². The van der Waals surface area contributed by atoms with Crippen LogP contribution in [0.2, 0.25) is 13.1 Å². The van der Waals surface area contributed by atoms with E-state index in [2.05, 4.69) is 238 Å². The van der Waals surface area contributed by atoms with E-state index in [1.165, 1.54) is 98.0 Å². The van der Waals surface area contributed by atoms with Gasteiger partial charge in [0.2, 0.25) is 0 Å². The summed E-state index contributed by atoms with van der Waals surface area (Å²) in [5.41, 5.74) is 11.0. The van der Waals surface area contributed by atoms with Crippen molar-refractivity contribution in [3.8, 4) is 0 Å². The second kappa shape index (κ2) is 29.9. The molecular weight excluding hydrogens is 1180 g/mol. The van der Waals surface area contributed by atoms with Gasteiger partial charge in [0.05, 0.1) is 19.0 Å². The van der Waals surface area contributed by atoms with Gasteiger partial charge in [0.25, 0.3) is 0 Å². The second-order valence-electron chi connectivity index (χ2n) is 15.4. The van der Waals surface area contributed by atoms with Gasteiger partial charge < -0.3 is 24.8 Å². The average Bonchev–Trinajstić information content (AvgIpc) is 4.13. The van der Waals surface area contributed by atoms with E-state index in [1.807, 2.05) is 12.1 Å². The van der Waals surface area contributed by atoms with Crippen LogP contribution in [0.15, 0.2) is 182 Å². The van der Waals surface area contributed by atoms with Gasteiger partial charge in [0.15, 0.2) is 0 Å². The molecule has 64 heavy (non-hydrogen) atoms. The summed E-state index contributed by atoms with van der Waals surface area (Å²) in [6, 6.07) is 64.3. The summed E-state index contributed by atoms with van der Waals surface area (Å²) in [7, 11) is 1.86.